The van der Waals surface area contributed by atoms with Gasteiger partial charge in [-0.2, -0.15) is 0 Å². The Bertz CT molecular complexity index is 2000. The van der Waals surface area contributed by atoms with Gasteiger partial charge in [0, 0.05) is 40.0 Å². The van der Waals surface area contributed by atoms with E-state index in [1.807, 2.05) is 77.5 Å². The van der Waals surface area contributed by atoms with Crippen LogP contribution in [0.4, 0.5) is 5.69 Å². The Morgan fingerprint density at radius 2 is 1.74 bits per heavy atom. The fourth-order valence-electron chi connectivity index (χ4n) is 5.57. The van der Waals surface area contributed by atoms with Crippen molar-refractivity contribution in [3.05, 3.63) is 114 Å². The van der Waals surface area contributed by atoms with Crippen molar-refractivity contribution in [1.29, 1.82) is 0 Å². The van der Waals surface area contributed by atoms with Crippen LogP contribution in [0.3, 0.4) is 0 Å². The molecule has 6 nitrogen and oxygen atoms in total. The van der Waals surface area contributed by atoms with Crippen LogP contribution >= 0.6 is 34.5 Å². The molecule has 1 N–H and O–H groups in total. The van der Waals surface area contributed by atoms with Crippen LogP contribution in [0.15, 0.2) is 77.7 Å². The quantitative estimate of drug-likeness (QED) is 0.237. The SMILES string of the molecule is CCN(CC)CCCn1c(=C2C(=O)Nc3ccccc32)sc(=Cc2cn(-c3ccc(Cl)cc3Cl)c3ccccc23)c1=O. The van der Waals surface area contributed by atoms with Crippen LogP contribution in [0.2, 0.25) is 10.0 Å². The van der Waals surface area contributed by atoms with E-state index in [2.05, 4.69) is 24.1 Å². The number of fused-ring (bicyclic) bond motifs is 2. The number of nitrogens with zero attached hydrogens (tertiary/aromatic N) is 3. The summed E-state index contributed by atoms with van der Waals surface area (Å²) >= 11 is 14.1. The lowest BCUT2D eigenvalue weighted by Gasteiger charge is -2.17. The van der Waals surface area contributed by atoms with Crippen LogP contribution < -0.4 is 20.1 Å². The third-order valence-electron chi connectivity index (χ3n) is 7.74. The molecular formula is C33H30Cl2N4O2S. The Balaban J connectivity index is 1.55. The predicted octanol–water partition coefficient (Wildman–Crippen LogP) is 5.87. The molecule has 6 rings (SSSR count). The van der Waals surface area contributed by atoms with E-state index in [4.69, 9.17) is 23.2 Å². The molecular weight excluding hydrogens is 587 g/mol. The molecule has 0 unspecified atom stereocenters. The minimum atomic E-state index is -0.185. The molecule has 1 aliphatic heterocycles. The molecule has 0 aliphatic carbocycles. The van der Waals surface area contributed by atoms with Crippen LogP contribution in [0, 0.1) is 0 Å². The van der Waals surface area contributed by atoms with Crippen molar-refractivity contribution in [2.45, 2.75) is 26.8 Å². The van der Waals surface area contributed by atoms with Crippen molar-refractivity contribution < 1.29 is 4.79 Å². The number of thiazole rings is 1. The lowest BCUT2D eigenvalue weighted by atomic mass is 10.1. The number of amides is 1. The maximum atomic E-state index is 14.0. The van der Waals surface area contributed by atoms with E-state index in [0.717, 1.165) is 59.5 Å². The molecule has 3 heterocycles. The molecule has 0 saturated carbocycles. The van der Waals surface area contributed by atoms with Crippen molar-refractivity contribution in [3.8, 4) is 5.69 Å². The molecule has 0 bridgehead atoms. The summed E-state index contributed by atoms with van der Waals surface area (Å²) in [6.45, 7) is 7.59. The highest BCUT2D eigenvalue weighted by Crippen LogP contribution is 2.31. The number of hydrogen-bond acceptors (Lipinski definition) is 4. The molecule has 0 fully saturated rings. The smallest absolute Gasteiger partial charge is 0.269 e. The Morgan fingerprint density at radius 3 is 2.52 bits per heavy atom. The number of anilines is 1. The number of nitrogens with one attached hydrogen (secondary N) is 1. The van der Waals surface area contributed by atoms with E-state index in [0.29, 0.717) is 31.4 Å². The van der Waals surface area contributed by atoms with Gasteiger partial charge in [0.1, 0.15) is 4.66 Å². The first-order valence-corrected chi connectivity index (χ1v) is 15.6. The predicted molar refractivity (Wildman–Crippen MR) is 175 cm³/mol. The average molecular weight is 618 g/mol. The van der Waals surface area contributed by atoms with Crippen molar-refractivity contribution in [3.63, 3.8) is 0 Å². The summed E-state index contributed by atoms with van der Waals surface area (Å²) in [7, 11) is 0. The van der Waals surface area contributed by atoms with Crippen molar-refractivity contribution in [1.82, 2.24) is 14.0 Å². The number of benzene rings is 3. The fourth-order valence-corrected chi connectivity index (χ4v) is 7.25. The highest BCUT2D eigenvalue weighted by Gasteiger charge is 2.26. The minimum absolute atomic E-state index is 0.0967. The van der Waals surface area contributed by atoms with E-state index < -0.39 is 0 Å². The van der Waals surface area contributed by atoms with E-state index in [1.54, 1.807) is 10.6 Å². The topological polar surface area (TPSA) is 59.3 Å². The zero-order chi connectivity index (χ0) is 29.4. The molecule has 0 saturated heterocycles. The number of hydrogen-bond donors (Lipinski definition) is 1. The standard InChI is InChI=1S/C33H30Cl2N4O2S/c1-3-37(4-2)16-9-17-38-32(41)29(42-33(38)30-24-11-5-7-12-26(24)36-31(30)40)18-21-20-39(27-13-8-6-10-23(21)27)28-15-14-22(34)19-25(28)35/h5-8,10-15,18-20H,3-4,9,16-17H2,1-2H3,(H,36,40). The summed E-state index contributed by atoms with van der Waals surface area (Å²) in [5, 5.41) is 5.06. The van der Waals surface area contributed by atoms with Gasteiger partial charge in [0.05, 0.1) is 26.3 Å². The maximum absolute atomic E-state index is 14.0. The third kappa shape index (κ3) is 5.22. The van der Waals surface area contributed by atoms with E-state index >= 15 is 0 Å². The summed E-state index contributed by atoms with van der Waals surface area (Å²) < 4.78 is 5.05. The molecule has 42 heavy (non-hydrogen) atoms. The summed E-state index contributed by atoms with van der Waals surface area (Å²) in [4.78, 5) is 29.6. The zero-order valence-corrected chi connectivity index (χ0v) is 25.7. The van der Waals surface area contributed by atoms with Gasteiger partial charge in [-0.05, 0) is 62.5 Å². The van der Waals surface area contributed by atoms with Crippen molar-refractivity contribution >= 4 is 68.7 Å². The zero-order valence-electron chi connectivity index (χ0n) is 23.4. The second-order valence-corrected chi connectivity index (χ2v) is 12.1. The van der Waals surface area contributed by atoms with Crippen LogP contribution in [0.5, 0.6) is 0 Å². The first kappa shape index (κ1) is 28.5. The first-order valence-electron chi connectivity index (χ1n) is 14.0. The number of carbonyl (C=O) groups is 1. The highest BCUT2D eigenvalue weighted by molar-refractivity contribution is 7.07. The van der Waals surface area contributed by atoms with Gasteiger partial charge in [-0.3, -0.25) is 14.2 Å². The van der Waals surface area contributed by atoms with E-state index in [1.165, 1.54) is 11.3 Å². The fraction of sp³-hybridized carbons (Fsp3) is 0.212. The number of carbonyl (C=O) groups excluding carboxylic acids is 1. The number of rotatable bonds is 8. The largest absolute Gasteiger partial charge is 0.321 e. The molecule has 0 spiro atoms. The molecule has 5 aromatic rings. The lowest BCUT2D eigenvalue weighted by Crippen LogP contribution is -2.34. The Labute approximate surface area is 257 Å². The van der Waals surface area contributed by atoms with Crippen LogP contribution in [0.1, 0.15) is 31.4 Å². The van der Waals surface area contributed by atoms with Crippen molar-refractivity contribution in [2.75, 3.05) is 25.0 Å². The number of aromatic nitrogens is 2. The van der Waals surface area contributed by atoms with Gasteiger partial charge in [0.2, 0.25) is 0 Å². The molecule has 0 radical (unpaired) electrons. The molecule has 0 atom stereocenters. The normalized spacial score (nSPS) is 14.7. The monoisotopic (exact) mass is 616 g/mol. The summed E-state index contributed by atoms with van der Waals surface area (Å²) in [6, 6.07) is 21.1. The summed E-state index contributed by atoms with van der Waals surface area (Å²) in [5.41, 5.74) is 4.68. The maximum Gasteiger partial charge on any atom is 0.269 e. The minimum Gasteiger partial charge on any atom is -0.321 e. The van der Waals surface area contributed by atoms with Crippen LogP contribution in [-0.4, -0.2) is 39.6 Å². The summed E-state index contributed by atoms with van der Waals surface area (Å²) in [5.74, 6) is -0.185. The first-order chi connectivity index (χ1) is 20.4. The molecule has 1 amide bonds. The Kier molecular flexibility index (Phi) is 8.10. The van der Waals surface area contributed by atoms with Gasteiger partial charge < -0.3 is 14.8 Å². The van der Waals surface area contributed by atoms with E-state index in [9.17, 15) is 9.59 Å². The highest BCUT2D eigenvalue weighted by atomic mass is 35.5. The van der Waals surface area contributed by atoms with E-state index in [-0.39, 0.29) is 11.5 Å². The Morgan fingerprint density at radius 1 is 0.976 bits per heavy atom. The van der Waals surface area contributed by atoms with Crippen molar-refractivity contribution in [2.24, 2.45) is 0 Å². The van der Waals surface area contributed by atoms with Gasteiger partial charge in [-0.1, -0.05) is 73.4 Å². The lowest BCUT2D eigenvalue weighted by molar-refractivity contribution is -0.110. The van der Waals surface area contributed by atoms with Gasteiger partial charge >= 0.3 is 0 Å². The Hall–Kier alpha value is -3.62. The molecule has 214 valence electrons. The average Bonchev–Trinajstić information content (AvgIpc) is 3.62. The molecule has 9 heteroatoms. The molecule has 2 aromatic heterocycles. The number of halogens is 2. The third-order valence-corrected chi connectivity index (χ3v) is 9.41. The van der Waals surface area contributed by atoms with Gasteiger partial charge in [0.15, 0.2) is 0 Å². The van der Waals surface area contributed by atoms with Crippen LogP contribution in [-0.2, 0) is 11.3 Å². The molecule has 1 aliphatic rings. The van der Waals surface area contributed by atoms with Gasteiger partial charge in [-0.15, -0.1) is 11.3 Å². The van der Waals surface area contributed by atoms with Gasteiger partial charge in [-0.25, -0.2) is 0 Å². The summed E-state index contributed by atoms with van der Waals surface area (Å²) in [6.07, 6.45) is 4.73. The van der Waals surface area contributed by atoms with Gasteiger partial charge in [0.25, 0.3) is 11.5 Å². The number of para-hydroxylation sites is 2. The molecule has 3 aromatic carbocycles. The second kappa shape index (κ2) is 11.9. The second-order valence-electron chi connectivity index (χ2n) is 10.2. The van der Waals surface area contributed by atoms with Crippen LogP contribution in [0.25, 0.3) is 28.2 Å².